The van der Waals surface area contributed by atoms with Crippen molar-refractivity contribution in [3.63, 3.8) is 0 Å². The molecule has 0 amide bonds. The Morgan fingerprint density at radius 2 is 1.33 bits per heavy atom. The fraction of sp³-hybridized carbons (Fsp3) is 0.926. The predicted molar refractivity (Wildman–Crippen MR) is 143 cm³/mol. The van der Waals surface area contributed by atoms with E-state index >= 15 is 0 Å². The van der Waals surface area contributed by atoms with Gasteiger partial charge >= 0.3 is 197 Å². The van der Waals surface area contributed by atoms with E-state index in [2.05, 4.69) is 64.8 Å². The van der Waals surface area contributed by atoms with Crippen molar-refractivity contribution >= 4 is 26.7 Å². The third kappa shape index (κ3) is 9.69. The zero-order valence-corrected chi connectivity index (χ0v) is 26.0. The second-order valence-electron chi connectivity index (χ2n) is 11.8. The first-order valence-corrected chi connectivity index (χ1v) is 24.1. The molecule has 1 atom stereocenters. The van der Waals surface area contributed by atoms with Crippen molar-refractivity contribution in [3.8, 4) is 0 Å². The van der Waals surface area contributed by atoms with E-state index < -0.39 is 26.7 Å². The van der Waals surface area contributed by atoms with Gasteiger partial charge in [0, 0.05) is 0 Å². The van der Waals surface area contributed by atoms with Gasteiger partial charge in [0.1, 0.15) is 0 Å². The summed E-state index contributed by atoms with van der Waals surface area (Å²) >= 11 is -2.24. The van der Waals surface area contributed by atoms with Gasteiger partial charge in [0.25, 0.3) is 0 Å². The second-order valence-corrected chi connectivity index (χ2v) is 29.5. The molecule has 0 N–H and O–H groups in total. The molecule has 0 spiro atoms. The molecule has 178 valence electrons. The first kappa shape index (κ1) is 28.7. The Morgan fingerprint density at radius 1 is 0.867 bits per heavy atom. The van der Waals surface area contributed by atoms with E-state index in [1.807, 2.05) is 0 Å². The number of unbranched alkanes of at least 4 members (excludes halogenated alkanes) is 3. The summed E-state index contributed by atoms with van der Waals surface area (Å²) in [5.41, 5.74) is 0. The van der Waals surface area contributed by atoms with E-state index in [1.165, 1.54) is 70.6 Å². The van der Waals surface area contributed by atoms with Crippen LogP contribution < -0.4 is 0 Å². The summed E-state index contributed by atoms with van der Waals surface area (Å²) < 4.78 is 14.7. The molecule has 0 aliphatic heterocycles. The van der Waals surface area contributed by atoms with Gasteiger partial charge in [-0.15, -0.1) is 0 Å². The molecular weight excluding hydrogens is 487 g/mol. The van der Waals surface area contributed by atoms with Gasteiger partial charge in [0.2, 0.25) is 0 Å². The summed E-state index contributed by atoms with van der Waals surface area (Å²) in [4.78, 5) is 0. The third-order valence-corrected chi connectivity index (χ3v) is 26.7. The van der Waals surface area contributed by atoms with Crippen LogP contribution in [0.15, 0.2) is 10.2 Å². The van der Waals surface area contributed by atoms with E-state index in [4.69, 9.17) is 4.43 Å². The summed E-state index contributed by atoms with van der Waals surface area (Å²) in [6.45, 7) is 19.2. The summed E-state index contributed by atoms with van der Waals surface area (Å²) in [7, 11) is -1.75. The van der Waals surface area contributed by atoms with Crippen molar-refractivity contribution in [1.29, 1.82) is 0 Å². The Kier molecular flexibility index (Phi) is 13.5. The fourth-order valence-corrected chi connectivity index (χ4v) is 20.4. The van der Waals surface area contributed by atoms with Gasteiger partial charge in [-0.1, -0.05) is 0 Å². The second kappa shape index (κ2) is 14.1. The first-order chi connectivity index (χ1) is 14.1. The van der Waals surface area contributed by atoms with Gasteiger partial charge in [-0.2, -0.15) is 0 Å². The van der Waals surface area contributed by atoms with Crippen LogP contribution in [0, 0.1) is 5.92 Å². The van der Waals surface area contributed by atoms with E-state index in [9.17, 15) is 0 Å². The molecule has 0 saturated heterocycles. The van der Waals surface area contributed by atoms with Crippen LogP contribution >= 0.6 is 0 Å². The molecule has 0 aromatic heterocycles. The number of hydrogen-bond acceptors (Lipinski definition) is 1. The molecule has 1 aliphatic carbocycles. The minimum absolute atomic E-state index is 0.292. The van der Waals surface area contributed by atoms with Gasteiger partial charge < -0.3 is 0 Å². The van der Waals surface area contributed by atoms with Crippen molar-refractivity contribution in [2.75, 3.05) is 0 Å². The molecular formula is C27H56OSiSn. The van der Waals surface area contributed by atoms with E-state index in [-0.39, 0.29) is 0 Å². The van der Waals surface area contributed by atoms with Crippen LogP contribution in [0.2, 0.25) is 31.4 Å². The van der Waals surface area contributed by atoms with Crippen LogP contribution in [0.5, 0.6) is 0 Å². The van der Waals surface area contributed by atoms with E-state index in [0.717, 1.165) is 5.92 Å². The van der Waals surface area contributed by atoms with Crippen LogP contribution in [-0.4, -0.2) is 32.8 Å². The van der Waals surface area contributed by atoms with Gasteiger partial charge in [-0.05, 0) is 0 Å². The van der Waals surface area contributed by atoms with Crippen molar-refractivity contribution < 1.29 is 4.43 Å². The quantitative estimate of drug-likeness (QED) is 0.198. The Balaban J connectivity index is 3.16. The van der Waals surface area contributed by atoms with Crippen molar-refractivity contribution in [2.24, 2.45) is 5.92 Å². The Labute approximate surface area is 196 Å². The molecule has 3 heteroatoms. The van der Waals surface area contributed by atoms with Crippen molar-refractivity contribution in [2.45, 2.75) is 150 Å². The van der Waals surface area contributed by atoms with Crippen LogP contribution in [-0.2, 0) is 4.43 Å². The minimum atomic E-state index is -2.24. The normalized spacial score (nSPS) is 18.3. The predicted octanol–water partition coefficient (Wildman–Crippen LogP) is 9.90. The van der Waals surface area contributed by atoms with E-state index in [1.54, 1.807) is 13.3 Å². The zero-order chi connectivity index (χ0) is 22.7. The molecule has 1 fully saturated rings. The van der Waals surface area contributed by atoms with Crippen molar-refractivity contribution in [1.82, 2.24) is 0 Å². The summed E-state index contributed by atoms with van der Waals surface area (Å²) in [6.07, 6.45) is 18.5. The molecule has 30 heavy (non-hydrogen) atoms. The standard InChI is InChI=1S/C15H29OSi.3C4H9.Sn/c1-7-14(13-11-9-8-10-12-13)16-17(5,6)15(2,3)4;3*1-3-4-2;/h1,7,13-14H,8-12H2,2-6H3;3*1,3-4H2,2H3;/t14-;;;;/m1..../s1. The molecule has 0 radical (unpaired) electrons. The molecule has 0 aromatic rings. The Hall–Kier alpha value is 0.716. The maximum atomic E-state index is 7.14. The molecule has 1 aliphatic rings. The molecule has 1 rings (SSSR count). The average Bonchev–Trinajstić information content (AvgIpc) is 2.71. The maximum absolute atomic E-state index is 7.14. The van der Waals surface area contributed by atoms with Gasteiger partial charge in [0.05, 0.1) is 0 Å². The monoisotopic (exact) mass is 544 g/mol. The number of hydrogen-bond donors (Lipinski definition) is 0. The van der Waals surface area contributed by atoms with Gasteiger partial charge in [-0.3, -0.25) is 0 Å². The molecule has 1 nitrogen and oxygen atoms in total. The Morgan fingerprint density at radius 3 is 1.73 bits per heavy atom. The zero-order valence-electron chi connectivity index (χ0n) is 22.1. The van der Waals surface area contributed by atoms with E-state index in [0.29, 0.717) is 11.1 Å². The van der Waals surface area contributed by atoms with Gasteiger partial charge in [0.15, 0.2) is 0 Å². The molecule has 1 saturated carbocycles. The van der Waals surface area contributed by atoms with Crippen LogP contribution in [0.4, 0.5) is 0 Å². The molecule has 0 unspecified atom stereocenters. The molecule has 0 bridgehead atoms. The average molecular weight is 544 g/mol. The Bertz CT molecular complexity index is 452. The van der Waals surface area contributed by atoms with Crippen LogP contribution in [0.25, 0.3) is 0 Å². The SMILES string of the molecule is CCC[CH2][Sn](/[CH]=C/[C@@H](O[Si](C)(C)C(C)(C)C)C1CCCCC1)([CH2]CCC)[CH2]CCC. The van der Waals surface area contributed by atoms with Gasteiger partial charge in [-0.25, -0.2) is 0 Å². The fourth-order valence-electron chi connectivity index (χ4n) is 4.78. The third-order valence-electron chi connectivity index (χ3n) is 8.08. The molecule has 0 heterocycles. The van der Waals surface area contributed by atoms with Crippen molar-refractivity contribution in [3.05, 3.63) is 10.2 Å². The summed E-state index contributed by atoms with van der Waals surface area (Å²) in [5.74, 6) is 0.761. The molecule has 0 aromatic carbocycles. The summed E-state index contributed by atoms with van der Waals surface area (Å²) in [5, 5.41) is 0.292. The van der Waals surface area contributed by atoms with Crippen LogP contribution in [0.1, 0.15) is 112 Å². The summed E-state index contributed by atoms with van der Waals surface area (Å²) in [6, 6.07) is 0. The van der Waals surface area contributed by atoms with Crippen LogP contribution in [0.3, 0.4) is 0 Å². The topological polar surface area (TPSA) is 9.23 Å². The number of rotatable bonds is 14. The first-order valence-electron chi connectivity index (χ1n) is 13.5.